The molecule has 0 aromatic heterocycles. The summed E-state index contributed by atoms with van der Waals surface area (Å²) in [5.74, 6) is -4.66. The lowest BCUT2D eigenvalue weighted by Gasteiger charge is -2.05. The van der Waals surface area contributed by atoms with Crippen LogP contribution in [-0.2, 0) is 9.53 Å². The van der Waals surface area contributed by atoms with Crippen molar-refractivity contribution in [3.63, 3.8) is 0 Å². The van der Waals surface area contributed by atoms with E-state index < -0.39 is 29.0 Å². The third kappa shape index (κ3) is 2.24. The molecule has 0 radical (unpaired) electrons. The van der Waals surface area contributed by atoms with Crippen molar-refractivity contribution >= 4 is 11.8 Å². The molecule has 0 bridgehead atoms. The summed E-state index contributed by atoms with van der Waals surface area (Å²) < 4.78 is 31.0. The highest BCUT2D eigenvalue weighted by Gasteiger charge is 2.25. The lowest BCUT2D eigenvalue weighted by molar-refractivity contribution is -0.137. The predicted molar refractivity (Wildman–Crippen MR) is 52.1 cm³/mol. The summed E-state index contributed by atoms with van der Waals surface area (Å²) in [6.07, 6.45) is 0. The van der Waals surface area contributed by atoms with Gasteiger partial charge in [-0.1, -0.05) is 6.07 Å². The maximum atomic E-state index is 13.4. The Labute approximate surface area is 91.0 Å². The van der Waals surface area contributed by atoms with Crippen LogP contribution in [0.25, 0.3) is 0 Å². The van der Waals surface area contributed by atoms with Crippen molar-refractivity contribution in [2.45, 2.75) is 13.8 Å². The van der Waals surface area contributed by atoms with Crippen LogP contribution in [0.5, 0.6) is 0 Å². The number of esters is 1. The predicted octanol–water partition coefficient (Wildman–Crippen LogP) is 2.02. The molecule has 1 rings (SSSR count). The van der Waals surface area contributed by atoms with Crippen molar-refractivity contribution in [2.24, 2.45) is 0 Å². The van der Waals surface area contributed by atoms with Gasteiger partial charge in [0.1, 0.15) is 17.2 Å². The second-order valence-corrected chi connectivity index (χ2v) is 3.10. The minimum absolute atomic E-state index is 0.0281. The van der Waals surface area contributed by atoms with Crippen LogP contribution in [0.2, 0.25) is 0 Å². The van der Waals surface area contributed by atoms with Gasteiger partial charge >= 0.3 is 5.97 Å². The standard InChI is InChI=1S/C11H10F2O3/c1-3-16-11(15)10(14)8-7(12)5-4-6(2)9(8)13/h4-5H,3H2,1-2H3. The molecule has 1 aromatic carbocycles. The summed E-state index contributed by atoms with van der Waals surface area (Å²) in [4.78, 5) is 22.4. The minimum Gasteiger partial charge on any atom is -0.460 e. The highest BCUT2D eigenvalue weighted by Crippen LogP contribution is 2.17. The quantitative estimate of drug-likeness (QED) is 0.451. The number of rotatable bonds is 3. The molecule has 0 spiro atoms. The summed E-state index contributed by atoms with van der Waals surface area (Å²) in [5.41, 5.74) is -0.771. The number of carbonyl (C=O) groups is 2. The van der Waals surface area contributed by atoms with Gasteiger partial charge in [-0.05, 0) is 25.5 Å². The number of benzene rings is 1. The topological polar surface area (TPSA) is 43.4 Å². The molecular formula is C11H10F2O3. The van der Waals surface area contributed by atoms with Gasteiger partial charge in [0, 0.05) is 0 Å². The van der Waals surface area contributed by atoms with Gasteiger partial charge in [-0.2, -0.15) is 0 Å². The molecule has 3 nitrogen and oxygen atoms in total. The molecular weight excluding hydrogens is 218 g/mol. The first-order valence-electron chi connectivity index (χ1n) is 4.65. The number of ether oxygens (including phenoxy) is 1. The first kappa shape index (κ1) is 12.3. The average Bonchev–Trinajstić information content (AvgIpc) is 2.24. The van der Waals surface area contributed by atoms with Crippen LogP contribution in [0.15, 0.2) is 12.1 Å². The average molecular weight is 228 g/mol. The van der Waals surface area contributed by atoms with Gasteiger partial charge in [-0.15, -0.1) is 0 Å². The zero-order valence-electron chi connectivity index (χ0n) is 8.84. The number of halogens is 2. The van der Waals surface area contributed by atoms with E-state index in [1.165, 1.54) is 19.9 Å². The van der Waals surface area contributed by atoms with Gasteiger partial charge in [0.05, 0.1) is 6.61 Å². The highest BCUT2D eigenvalue weighted by molar-refractivity contribution is 6.40. The Morgan fingerprint density at radius 1 is 1.31 bits per heavy atom. The third-order valence-electron chi connectivity index (χ3n) is 1.97. The van der Waals surface area contributed by atoms with E-state index in [2.05, 4.69) is 4.74 Å². The van der Waals surface area contributed by atoms with Gasteiger partial charge in [0.25, 0.3) is 5.78 Å². The first-order chi connectivity index (χ1) is 7.49. The van der Waals surface area contributed by atoms with Crippen LogP contribution in [-0.4, -0.2) is 18.4 Å². The number of Topliss-reactive ketones (excluding diaryl/α,β-unsaturated/α-hetero) is 1. The fourth-order valence-electron chi connectivity index (χ4n) is 1.16. The summed E-state index contributed by atoms with van der Waals surface area (Å²) >= 11 is 0. The van der Waals surface area contributed by atoms with Crippen molar-refractivity contribution in [1.29, 1.82) is 0 Å². The minimum atomic E-state index is -1.31. The summed E-state index contributed by atoms with van der Waals surface area (Å²) in [6.45, 7) is 2.84. The third-order valence-corrected chi connectivity index (χ3v) is 1.97. The summed E-state index contributed by atoms with van der Waals surface area (Å²) in [5, 5.41) is 0. The molecule has 0 N–H and O–H groups in total. The van der Waals surface area contributed by atoms with Crippen LogP contribution in [0, 0.1) is 18.6 Å². The Kier molecular flexibility index (Phi) is 3.71. The maximum Gasteiger partial charge on any atom is 0.379 e. The molecule has 0 aliphatic carbocycles. The van der Waals surface area contributed by atoms with E-state index >= 15 is 0 Å². The number of hydrogen-bond acceptors (Lipinski definition) is 3. The van der Waals surface area contributed by atoms with E-state index in [9.17, 15) is 18.4 Å². The second-order valence-electron chi connectivity index (χ2n) is 3.10. The zero-order chi connectivity index (χ0) is 12.3. The fraction of sp³-hybridized carbons (Fsp3) is 0.273. The number of aryl methyl sites for hydroxylation is 1. The van der Waals surface area contributed by atoms with E-state index in [0.717, 1.165) is 6.07 Å². The Morgan fingerprint density at radius 2 is 1.94 bits per heavy atom. The van der Waals surface area contributed by atoms with E-state index in [0.29, 0.717) is 0 Å². The molecule has 86 valence electrons. The van der Waals surface area contributed by atoms with E-state index in [4.69, 9.17) is 0 Å². The molecule has 0 heterocycles. The second kappa shape index (κ2) is 4.83. The van der Waals surface area contributed by atoms with Crippen molar-refractivity contribution in [2.75, 3.05) is 6.61 Å². The van der Waals surface area contributed by atoms with Crippen LogP contribution >= 0.6 is 0 Å². The molecule has 0 amide bonds. The van der Waals surface area contributed by atoms with Crippen LogP contribution in [0.3, 0.4) is 0 Å². The Morgan fingerprint density at radius 3 is 2.50 bits per heavy atom. The van der Waals surface area contributed by atoms with Gasteiger partial charge in [-0.25, -0.2) is 13.6 Å². The summed E-state index contributed by atoms with van der Waals surface area (Å²) in [7, 11) is 0. The van der Waals surface area contributed by atoms with Crippen molar-refractivity contribution in [3.05, 3.63) is 34.9 Å². The maximum absolute atomic E-state index is 13.4. The molecule has 0 unspecified atom stereocenters. The van der Waals surface area contributed by atoms with Gasteiger partial charge in [0.2, 0.25) is 0 Å². The first-order valence-corrected chi connectivity index (χ1v) is 4.65. The molecule has 0 atom stereocenters. The van der Waals surface area contributed by atoms with Crippen LogP contribution in [0.1, 0.15) is 22.8 Å². The van der Waals surface area contributed by atoms with E-state index in [1.807, 2.05) is 0 Å². The number of ketones is 1. The molecule has 5 heteroatoms. The van der Waals surface area contributed by atoms with Crippen LogP contribution in [0.4, 0.5) is 8.78 Å². The number of carbonyl (C=O) groups excluding carboxylic acids is 2. The SMILES string of the molecule is CCOC(=O)C(=O)c1c(F)ccc(C)c1F. The molecule has 0 saturated heterocycles. The molecule has 0 aliphatic rings. The Hall–Kier alpha value is -1.78. The molecule has 16 heavy (non-hydrogen) atoms. The zero-order valence-corrected chi connectivity index (χ0v) is 8.84. The van der Waals surface area contributed by atoms with Crippen molar-refractivity contribution in [3.8, 4) is 0 Å². The Balaban J connectivity index is 3.18. The van der Waals surface area contributed by atoms with Crippen molar-refractivity contribution < 1.29 is 23.1 Å². The molecule has 0 saturated carbocycles. The monoisotopic (exact) mass is 228 g/mol. The smallest absolute Gasteiger partial charge is 0.379 e. The number of hydrogen-bond donors (Lipinski definition) is 0. The highest BCUT2D eigenvalue weighted by atomic mass is 19.1. The van der Waals surface area contributed by atoms with E-state index in [1.54, 1.807) is 0 Å². The van der Waals surface area contributed by atoms with Gasteiger partial charge in [0.15, 0.2) is 0 Å². The Bertz CT molecular complexity index is 441. The largest absolute Gasteiger partial charge is 0.460 e. The summed E-state index contributed by atoms with van der Waals surface area (Å²) in [6, 6.07) is 2.12. The normalized spacial score (nSPS) is 10.0. The van der Waals surface area contributed by atoms with E-state index in [-0.39, 0.29) is 12.2 Å². The van der Waals surface area contributed by atoms with Crippen molar-refractivity contribution in [1.82, 2.24) is 0 Å². The lowest BCUT2D eigenvalue weighted by Crippen LogP contribution is -2.20. The molecule has 0 fully saturated rings. The molecule has 1 aromatic rings. The van der Waals surface area contributed by atoms with Gasteiger partial charge < -0.3 is 4.74 Å². The van der Waals surface area contributed by atoms with Crippen LogP contribution < -0.4 is 0 Å². The fourth-order valence-corrected chi connectivity index (χ4v) is 1.16. The van der Waals surface area contributed by atoms with Gasteiger partial charge in [-0.3, -0.25) is 4.79 Å². The lowest BCUT2D eigenvalue weighted by atomic mass is 10.1. The molecule has 0 aliphatic heterocycles.